The van der Waals surface area contributed by atoms with Gasteiger partial charge in [0.15, 0.2) is 0 Å². The topological polar surface area (TPSA) is 77.1 Å². The van der Waals surface area contributed by atoms with Crippen LogP contribution in [0.3, 0.4) is 0 Å². The van der Waals surface area contributed by atoms with Gasteiger partial charge in [-0.05, 0) is 0 Å². The van der Waals surface area contributed by atoms with Crippen LogP contribution in [0.4, 0.5) is 0 Å². The highest BCUT2D eigenvalue weighted by Gasteiger charge is 1.91. The van der Waals surface area contributed by atoms with Crippen LogP contribution >= 0.6 is 0 Å². The van der Waals surface area contributed by atoms with Crippen molar-refractivity contribution in [2.45, 2.75) is 0 Å². The maximum atomic E-state index is 10.00. The van der Waals surface area contributed by atoms with E-state index in [-0.39, 0.29) is 19.8 Å². The van der Waals surface area contributed by atoms with Crippen LogP contribution in [-0.4, -0.2) is 71.2 Å². The smallest absolute Gasteiger partial charge is 0.106 e. The second-order valence-corrected chi connectivity index (χ2v) is 2.88. The van der Waals surface area contributed by atoms with E-state index < -0.39 is 0 Å². The second kappa shape index (κ2) is 14.8. The minimum absolute atomic E-state index is 0.0342. The zero-order valence-corrected chi connectivity index (χ0v) is 9.56. The molecule has 0 bridgehead atoms. The van der Waals surface area contributed by atoms with Gasteiger partial charge in [0.25, 0.3) is 0 Å². The molecule has 6 nitrogen and oxygen atoms in total. The SMILES string of the molecule is [O]CCOCCOCCOCCOCCO. The van der Waals surface area contributed by atoms with Gasteiger partial charge in [0, 0.05) is 0 Å². The molecule has 0 heterocycles. The van der Waals surface area contributed by atoms with E-state index in [9.17, 15) is 5.11 Å². The molecule has 0 saturated carbocycles. The van der Waals surface area contributed by atoms with Crippen molar-refractivity contribution in [3.63, 3.8) is 0 Å². The first-order chi connectivity index (χ1) is 7.91. The summed E-state index contributed by atoms with van der Waals surface area (Å²) in [6.45, 7) is 3.31. The first-order valence-electron chi connectivity index (χ1n) is 5.41. The van der Waals surface area contributed by atoms with Gasteiger partial charge in [-0.3, -0.25) is 0 Å². The van der Waals surface area contributed by atoms with Gasteiger partial charge < -0.3 is 24.1 Å². The molecule has 0 aromatic rings. The van der Waals surface area contributed by atoms with E-state index in [1.165, 1.54) is 0 Å². The van der Waals surface area contributed by atoms with Gasteiger partial charge in [-0.15, -0.1) is 0 Å². The molecule has 0 aromatic carbocycles. The number of hydrogen-bond donors (Lipinski definition) is 1. The third kappa shape index (κ3) is 13.8. The van der Waals surface area contributed by atoms with Crippen molar-refractivity contribution in [1.82, 2.24) is 0 Å². The Hall–Kier alpha value is -0.240. The van der Waals surface area contributed by atoms with Crippen molar-refractivity contribution in [2.75, 3.05) is 66.1 Å². The van der Waals surface area contributed by atoms with Crippen molar-refractivity contribution in [3.05, 3.63) is 0 Å². The van der Waals surface area contributed by atoms with Crippen LogP contribution in [0.25, 0.3) is 0 Å². The molecule has 0 amide bonds. The fourth-order valence-corrected chi connectivity index (χ4v) is 0.885. The van der Waals surface area contributed by atoms with Gasteiger partial charge in [0.05, 0.1) is 59.5 Å². The molecule has 97 valence electrons. The average Bonchev–Trinajstić information content (AvgIpc) is 2.31. The van der Waals surface area contributed by atoms with Crippen LogP contribution in [0, 0.1) is 0 Å². The summed E-state index contributed by atoms with van der Waals surface area (Å²) in [5.74, 6) is 0. The lowest BCUT2D eigenvalue weighted by Crippen LogP contribution is -2.13. The van der Waals surface area contributed by atoms with Crippen LogP contribution in [0.2, 0.25) is 0 Å². The highest BCUT2D eigenvalue weighted by atomic mass is 16.6. The molecule has 0 fully saturated rings. The summed E-state index contributed by atoms with van der Waals surface area (Å²) >= 11 is 0. The Bertz CT molecular complexity index is 108. The zero-order valence-electron chi connectivity index (χ0n) is 9.56. The molecule has 0 unspecified atom stereocenters. The first kappa shape index (κ1) is 15.8. The van der Waals surface area contributed by atoms with Crippen molar-refractivity contribution >= 4 is 0 Å². The summed E-state index contributed by atoms with van der Waals surface area (Å²) in [5.41, 5.74) is 0. The highest BCUT2D eigenvalue weighted by Crippen LogP contribution is 1.82. The summed E-state index contributed by atoms with van der Waals surface area (Å²) in [7, 11) is 0. The minimum Gasteiger partial charge on any atom is -0.394 e. The molecular weight excluding hydrogens is 216 g/mol. The lowest BCUT2D eigenvalue weighted by molar-refractivity contribution is -0.0116. The number of rotatable bonds is 13. The molecule has 0 aromatic heterocycles. The van der Waals surface area contributed by atoms with Crippen molar-refractivity contribution in [2.24, 2.45) is 0 Å². The molecule has 0 aliphatic carbocycles. The fourth-order valence-electron chi connectivity index (χ4n) is 0.885. The average molecular weight is 237 g/mol. The lowest BCUT2D eigenvalue weighted by Gasteiger charge is -2.06. The van der Waals surface area contributed by atoms with E-state index in [0.29, 0.717) is 46.2 Å². The summed E-state index contributed by atoms with van der Waals surface area (Å²) < 4.78 is 20.3. The maximum Gasteiger partial charge on any atom is 0.106 e. The second-order valence-electron chi connectivity index (χ2n) is 2.88. The van der Waals surface area contributed by atoms with Crippen LogP contribution in [-0.2, 0) is 24.1 Å². The summed E-state index contributed by atoms with van der Waals surface area (Å²) in [6.07, 6.45) is 0. The number of ether oxygens (including phenoxy) is 4. The molecule has 0 spiro atoms. The zero-order chi connectivity index (χ0) is 11.9. The molecule has 0 rings (SSSR count). The number of hydrogen-bond acceptors (Lipinski definition) is 5. The van der Waals surface area contributed by atoms with Crippen LogP contribution in [0.1, 0.15) is 0 Å². The predicted molar refractivity (Wildman–Crippen MR) is 55.9 cm³/mol. The number of aliphatic hydroxyl groups is 1. The Morgan fingerprint density at radius 1 is 0.625 bits per heavy atom. The van der Waals surface area contributed by atoms with E-state index in [1.807, 2.05) is 0 Å². The van der Waals surface area contributed by atoms with Gasteiger partial charge in [0.1, 0.15) is 6.61 Å². The van der Waals surface area contributed by atoms with E-state index in [4.69, 9.17) is 24.1 Å². The number of aliphatic hydroxyl groups excluding tert-OH is 1. The normalized spacial score (nSPS) is 10.9. The van der Waals surface area contributed by atoms with Gasteiger partial charge >= 0.3 is 0 Å². The van der Waals surface area contributed by atoms with E-state index in [2.05, 4.69) is 0 Å². The minimum atomic E-state index is -0.211. The third-order valence-corrected chi connectivity index (χ3v) is 1.58. The Balaban J connectivity index is 2.83. The molecule has 0 atom stereocenters. The van der Waals surface area contributed by atoms with Crippen molar-refractivity contribution in [1.29, 1.82) is 0 Å². The Kier molecular flexibility index (Phi) is 14.5. The summed E-state index contributed by atoms with van der Waals surface area (Å²) in [6, 6.07) is 0. The van der Waals surface area contributed by atoms with Crippen molar-refractivity contribution in [3.8, 4) is 0 Å². The van der Waals surface area contributed by atoms with Crippen LogP contribution < -0.4 is 0 Å². The molecular formula is C10H21O6. The standard InChI is InChI=1S/C10H21O6/c11-1-3-13-5-7-15-9-10-16-8-6-14-4-2-12/h11H,1-10H2. The Morgan fingerprint density at radius 3 is 1.38 bits per heavy atom. The first-order valence-corrected chi connectivity index (χ1v) is 5.41. The molecule has 6 heteroatoms. The molecule has 0 aliphatic rings. The monoisotopic (exact) mass is 237 g/mol. The van der Waals surface area contributed by atoms with Gasteiger partial charge in [-0.25, -0.2) is 5.11 Å². The van der Waals surface area contributed by atoms with E-state index >= 15 is 0 Å². The van der Waals surface area contributed by atoms with Gasteiger partial charge in [0.2, 0.25) is 0 Å². The molecule has 1 radical (unpaired) electrons. The summed E-state index contributed by atoms with van der Waals surface area (Å²) in [4.78, 5) is 0. The third-order valence-electron chi connectivity index (χ3n) is 1.58. The predicted octanol–water partition coefficient (Wildman–Crippen LogP) is -0.524. The largest absolute Gasteiger partial charge is 0.394 e. The quantitative estimate of drug-likeness (QED) is 0.436. The lowest BCUT2D eigenvalue weighted by atomic mass is 10.7. The van der Waals surface area contributed by atoms with Gasteiger partial charge in [-0.1, -0.05) is 0 Å². The highest BCUT2D eigenvalue weighted by molar-refractivity contribution is 4.34. The van der Waals surface area contributed by atoms with Crippen LogP contribution in [0.15, 0.2) is 0 Å². The van der Waals surface area contributed by atoms with E-state index in [0.717, 1.165) is 0 Å². The fraction of sp³-hybridized carbons (Fsp3) is 1.00. The summed E-state index contributed by atoms with van der Waals surface area (Å²) in [5, 5.41) is 18.4. The van der Waals surface area contributed by atoms with E-state index in [1.54, 1.807) is 0 Å². The molecule has 16 heavy (non-hydrogen) atoms. The van der Waals surface area contributed by atoms with Crippen molar-refractivity contribution < 1.29 is 29.2 Å². The Labute approximate surface area is 96.1 Å². The van der Waals surface area contributed by atoms with Crippen LogP contribution in [0.5, 0.6) is 0 Å². The van der Waals surface area contributed by atoms with Gasteiger partial charge in [-0.2, -0.15) is 0 Å². The molecule has 0 saturated heterocycles. The Morgan fingerprint density at radius 2 is 1.00 bits per heavy atom. The molecule has 1 N–H and O–H groups in total. The molecule has 0 aliphatic heterocycles. The maximum absolute atomic E-state index is 10.00.